The molecule has 158 valence electrons. The molecule has 0 saturated carbocycles. The predicted octanol–water partition coefficient (Wildman–Crippen LogP) is 5.04. The Morgan fingerprint density at radius 1 is 0.806 bits per heavy atom. The van der Waals surface area contributed by atoms with Crippen LogP contribution in [-0.4, -0.2) is 27.6 Å². The van der Waals surface area contributed by atoms with E-state index in [1.54, 1.807) is 66.7 Å². The number of carbonyl (C=O) groups excluding carboxylic acids is 1. The highest BCUT2D eigenvalue weighted by atomic mass is 32.2. The molecule has 7 nitrogen and oxygen atoms in total. The normalized spacial score (nSPS) is 11.2. The van der Waals surface area contributed by atoms with Crippen LogP contribution in [0.3, 0.4) is 0 Å². The number of nitrogens with zero attached hydrogens (tertiary/aromatic N) is 2. The van der Waals surface area contributed by atoms with Crippen molar-refractivity contribution in [2.45, 2.75) is 9.79 Å². The van der Waals surface area contributed by atoms with Crippen molar-refractivity contribution in [2.75, 3.05) is 13.2 Å². The van der Waals surface area contributed by atoms with Gasteiger partial charge in [-0.2, -0.15) is 10.2 Å². The van der Waals surface area contributed by atoms with Crippen LogP contribution in [0, 0.1) is 0 Å². The molecule has 8 heteroatoms. The number of hydrogen-bond acceptors (Lipinski definition) is 7. The molecule has 0 bridgehead atoms. The summed E-state index contributed by atoms with van der Waals surface area (Å²) < 4.78 is 35.5. The molecule has 0 atom stereocenters. The van der Waals surface area contributed by atoms with Crippen LogP contribution in [0.5, 0.6) is 5.75 Å². The zero-order valence-electron chi connectivity index (χ0n) is 16.5. The molecule has 0 fully saturated rings. The van der Waals surface area contributed by atoms with Crippen molar-refractivity contribution >= 4 is 27.2 Å². The molecule has 0 saturated heterocycles. The minimum absolute atomic E-state index is 0.127. The first-order valence-corrected chi connectivity index (χ1v) is 10.8. The molecule has 0 aliphatic rings. The SMILES string of the molecule is C=CC(=O)OCCOc1ccc(N=Nc2ccc(S(=O)(=O)c3ccccc3)cc2)cc1. The first kappa shape index (κ1) is 21.9. The smallest absolute Gasteiger partial charge is 0.330 e. The van der Waals surface area contributed by atoms with Crippen molar-refractivity contribution < 1.29 is 22.7 Å². The largest absolute Gasteiger partial charge is 0.490 e. The Kier molecular flexibility index (Phi) is 7.29. The van der Waals surface area contributed by atoms with E-state index >= 15 is 0 Å². The summed E-state index contributed by atoms with van der Waals surface area (Å²) in [5.74, 6) is 0.106. The number of azo groups is 1. The van der Waals surface area contributed by atoms with Crippen LogP contribution in [-0.2, 0) is 19.4 Å². The number of rotatable bonds is 9. The lowest BCUT2D eigenvalue weighted by Crippen LogP contribution is -2.09. The number of ether oxygens (including phenoxy) is 2. The third-order valence-corrected chi connectivity index (χ3v) is 5.87. The van der Waals surface area contributed by atoms with E-state index in [9.17, 15) is 13.2 Å². The molecule has 0 N–H and O–H groups in total. The summed E-state index contributed by atoms with van der Waals surface area (Å²) in [6.07, 6.45) is 1.09. The molecule has 3 aromatic carbocycles. The van der Waals surface area contributed by atoms with Gasteiger partial charge in [-0.1, -0.05) is 24.8 Å². The van der Waals surface area contributed by atoms with Crippen LogP contribution in [0.1, 0.15) is 0 Å². The van der Waals surface area contributed by atoms with Crippen LogP contribution >= 0.6 is 0 Å². The fourth-order valence-corrected chi connectivity index (χ4v) is 3.79. The molecule has 3 rings (SSSR count). The summed E-state index contributed by atoms with van der Waals surface area (Å²) in [6, 6.07) is 21.4. The van der Waals surface area contributed by atoms with Gasteiger partial charge in [0.2, 0.25) is 9.84 Å². The van der Waals surface area contributed by atoms with Crippen LogP contribution < -0.4 is 4.74 Å². The molecule has 0 radical (unpaired) electrons. The van der Waals surface area contributed by atoms with E-state index in [2.05, 4.69) is 16.8 Å². The standard InChI is InChI=1S/C23H20N2O5S/c1-2-23(26)30-17-16-29-20-12-8-18(9-13-20)24-25-19-10-14-22(15-11-19)31(27,28)21-6-4-3-5-7-21/h2-15H,1,16-17H2. The minimum Gasteiger partial charge on any atom is -0.490 e. The summed E-state index contributed by atoms with van der Waals surface area (Å²) in [5.41, 5.74) is 1.13. The van der Waals surface area contributed by atoms with E-state index in [1.165, 1.54) is 12.1 Å². The van der Waals surface area contributed by atoms with Crippen LogP contribution in [0.4, 0.5) is 11.4 Å². The van der Waals surface area contributed by atoms with E-state index in [0.717, 1.165) is 6.08 Å². The Morgan fingerprint density at radius 3 is 1.94 bits per heavy atom. The Balaban J connectivity index is 1.58. The van der Waals surface area contributed by atoms with Gasteiger partial charge in [0.1, 0.15) is 19.0 Å². The van der Waals surface area contributed by atoms with Gasteiger partial charge in [0.15, 0.2) is 0 Å². The van der Waals surface area contributed by atoms with E-state index in [4.69, 9.17) is 9.47 Å². The lowest BCUT2D eigenvalue weighted by atomic mass is 10.3. The molecule has 0 aliphatic carbocycles. The van der Waals surface area contributed by atoms with Crippen molar-refractivity contribution in [3.05, 3.63) is 91.5 Å². The summed E-state index contributed by atoms with van der Waals surface area (Å²) >= 11 is 0. The van der Waals surface area contributed by atoms with Crippen LogP contribution in [0.15, 0.2) is 112 Å². The van der Waals surface area contributed by atoms with Crippen molar-refractivity contribution in [2.24, 2.45) is 10.2 Å². The monoisotopic (exact) mass is 436 g/mol. The minimum atomic E-state index is -3.56. The zero-order valence-corrected chi connectivity index (χ0v) is 17.4. The number of carbonyl (C=O) groups is 1. The number of esters is 1. The van der Waals surface area contributed by atoms with Gasteiger partial charge in [0.25, 0.3) is 0 Å². The first-order chi connectivity index (χ1) is 15.0. The lowest BCUT2D eigenvalue weighted by molar-refractivity contribution is -0.138. The van der Waals surface area contributed by atoms with Gasteiger partial charge in [-0.15, -0.1) is 0 Å². The number of hydrogen-bond donors (Lipinski definition) is 0. The van der Waals surface area contributed by atoms with Crippen LogP contribution in [0.2, 0.25) is 0 Å². The zero-order chi connectivity index (χ0) is 22.1. The summed E-state index contributed by atoms with van der Waals surface area (Å²) in [7, 11) is -3.56. The van der Waals surface area contributed by atoms with Crippen molar-refractivity contribution in [1.82, 2.24) is 0 Å². The molecular weight excluding hydrogens is 416 g/mol. The number of sulfone groups is 1. The molecule has 0 spiro atoms. The first-order valence-electron chi connectivity index (χ1n) is 9.33. The Labute approximate surface area is 180 Å². The quantitative estimate of drug-likeness (QED) is 0.203. The van der Waals surface area contributed by atoms with Gasteiger partial charge < -0.3 is 9.47 Å². The van der Waals surface area contributed by atoms with Gasteiger partial charge in [-0.3, -0.25) is 0 Å². The molecule has 0 aromatic heterocycles. The molecule has 3 aromatic rings. The van der Waals surface area contributed by atoms with Gasteiger partial charge in [-0.25, -0.2) is 13.2 Å². The van der Waals surface area contributed by atoms with E-state index in [-0.39, 0.29) is 23.0 Å². The third-order valence-electron chi connectivity index (χ3n) is 4.08. The maximum Gasteiger partial charge on any atom is 0.330 e. The highest BCUT2D eigenvalue weighted by Gasteiger charge is 2.16. The molecule has 0 aliphatic heterocycles. The summed E-state index contributed by atoms with van der Waals surface area (Å²) in [5, 5.41) is 8.27. The van der Waals surface area contributed by atoms with Crippen LogP contribution in [0.25, 0.3) is 0 Å². The fraction of sp³-hybridized carbons (Fsp3) is 0.0870. The highest BCUT2D eigenvalue weighted by Crippen LogP contribution is 2.25. The summed E-state index contributed by atoms with van der Waals surface area (Å²) in [6.45, 7) is 3.66. The number of benzene rings is 3. The molecular formula is C23H20N2O5S. The van der Waals surface area contributed by atoms with E-state index in [1.807, 2.05) is 0 Å². The molecule has 0 unspecified atom stereocenters. The van der Waals surface area contributed by atoms with Crippen molar-refractivity contribution in [1.29, 1.82) is 0 Å². The average Bonchev–Trinajstić information content (AvgIpc) is 2.82. The van der Waals surface area contributed by atoms with E-state index < -0.39 is 15.8 Å². The second-order valence-electron chi connectivity index (χ2n) is 6.22. The Morgan fingerprint density at radius 2 is 1.35 bits per heavy atom. The Bertz CT molecular complexity index is 1160. The maximum atomic E-state index is 12.6. The van der Waals surface area contributed by atoms with Crippen molar-refractivity contribution in [3.8, 4) is 5.75 Å². The van der Waals surface area contributed by atoms with Gasteiger partial charge in [-0.05, 0) is 60.7 Å². The second kappa shape index (κ2) is 10.3. The van der Waals surface area contributed by atoms with E-state index in [0.29, 0.717) is 17.1 Å². The fourth-order valence-electron chi connectivity index (χ4n) is 2.51. The molecule has 31 heavy (non-hydrogen) atoms. The second-order valence-corrected chi connectivity index (χ2v) is 8.17. The summed E-state index contributed by atoms with van der Waals surface area (Å²) in [4.78, 5) is 11.4. The van der Waals surface area contributed by atoms with Gasteiger partial charge >= 0.3 is 5.97 Å². The van der Waals surface area contributed by atoms with Gasteiger partial charge in [0.05, 0.1) is 21.2 Å². The molecule has 0 heterocycles. The third kappa shape index (κ3) is 6.10. The van der Waals surface area contributed by atoms with Gasteiger partial charge in [0, 0.05) is 6.08 Å². The average molecular weight is 436 g/mol. The Hall–Kier alpha value is -3.78. The predicted molar refractivity (Wildman–Crippen MR) is 116 cm³/mol. The maximum absolute atomic E-state index is 12.6. The molecule has 0 amide bonds. The van der Waals surface area contributed by atoms with Crippen molar-refractivity contribution in [3.63, 3.8) is 0 Å². The topological polar surface area (TPSA) is 94.4 Å². The lowest BCUT2D eigenvalue weighted by Gasteiger charge is -2.06. The highest BCUT2D eigenvalue weighted by molar-refractivity contribution is 7.91.